The number of rotatable bonds is 1. The van der Waals surface area contributed by atoms with Crippen LogP contribution in [-0.2, 0) is 0 Å². The van der Waals surface area contributed by atoms with Gasteiger partial charge in [-0.15, -0.1) is 24.0 Å². The quantitative estimate of drug-likeness (QED) is 0.686. The van der Waals surface area contributed by atoms with Crippen molar-refractivity contribution < 1.29 is 0 Å². The first-order chi connectivity index (χ1) is 11.3. The summed E-state index contributed by atoms with van der Waals surface area (Å²) in [5.41, 5.74) is 2.26. The molecule has 4 unspecified atom stereocenters. The number of fused-ring (bicyclic) bond motifs is 1. The van der Waals surface area contributed by atoms with Gasteiger partial charge in [-0.1, -0.05) is 6.42 Å². The summed E-state index contributed by atoms with van der Waals surface area (Å²) >= 11 is 0. The van der Waals surface area contributed by atoms with E-state index in [1.165, 1.54) is 63.0 Å². The Labute approximate surface area is 160 Å². The van der Waals surface area contributed by atoms with Crippen LogP contribution < -0.4 is 5.32 Å². The van der Waals surface area contributed by atoms with Crippen molar-refractivity contribution in [2.75, 3.05) is 6.54 Å². The first-order valence-electron chi connectivity index (χ1n) is 9.31. The van der Waals surface area contributed by atoms with Gasteiger partial charge in [0.25, 0.3) is 0 Å². The van der Waals surface area contributed by atoms with Gasteiger partial charge in [-0.3, -0.25) is 4.98 Å². The molecule has 5 heteroatoms. The van der Waals surface area contributed by atoms with Crippen LogP contribution in [0.2, 0.25) is 0 Å². The fraction of sp³-hybridized carbons (Fsp3) is 0.684. The molecule has 6 rings (SSSR count). The average Bonchev–Trinajstić information content (AvgIpc) is 3.13. The van der Waals surface area contributed by atoms with E-state index < -0.39 is 0 Å². The SMILES string of the molecule is I.c1cc(C2N(C3=NC4CC5CCC4(C5)N3)CC23CCC3)ccn1. The van der Waals surface area contributed by atoms with Crippen molar-refractivity contribution in [3.05, 3.63) is 30.1 Å². The van der Waals surface area contributed by atoms with Gasteiger partial charge in [0.05, 0.1) is 17.6 Å². The topological polar surface area (TPSA) is 40.5 Å². The molecule has 4 atom stereocenters. The van der Waals surface area contributed by atoms with Crippen LogP contribution in [0.1, 0.15) is 56.6 Å². The summed E-state index contributed by atoms with van der Waals surface area (Å²) in [4.78, 5) is 11.9. The van der Waals surface area contributed by atoms with Crippen molar-refractivity contribution in [1.82, 2.24) is 15.2 Å². The summed E-state index contributed by atoms with van der Waals surface area (Å²) in [6, 6.07) is 5.47. The molecule has 3 aliphatic carbocycles. The van der Waals surface area contributed by atoms with E-state index in [0.717, 1.165) is 5.92 Å². The van der Waals surface area contributed by atoms with Crippen LogP contribution in [0.25, 0.3) is 0 Å². The molecule has 1 saturated heterocycles. The minimum atomic E-state index is 0. The number of pyridine rings is 1. The Morgan fingerprint density at radius 3 is 2.67 bits per heavy atom. The molecule has 4 fully saturated rings. The lowest BCUT2D eigenvalue weighted by Gasteiger charge is -2.63. The molecule has 1 N–H and O–H groups in total. The number of likely N-dealkylation sites (tertiary alicyclic amines) is 1. The van der Waals surface area contributed by atoms with Gasteiger partial charge in [-0.25, -0.2) is 4.99 Å². The summed E-state index contributed by atoms with van der Waals surface area (Å²) in [5, 5.41) is 3.91. The van der Waals surface area contributed by atoms with Crippen molar-refractivity contribution in [2.45, 2.75) is 62.6 Å². The number of hydrogen-bond acceptors (Lipinski definition) is 4. The highest BCUT2D eigenvalue weighted by molar-refractivity contribution is 14.0. The Kier molecular flexibility index (Phi) is 3.26. The first-order valence-corrected chi connectivity index (χ1v) is 9.31. The minimum absolute atomic E-state index is 0. The molecule has 2 aliphatic heterocycles. The van der Waals surface area contributed by atoms with Gasteiger partial charge in [-0.2, -0.15) is 0 Å². The van der Waals surface area contributed by atoms with Gasteiger partial charge in [-0.05, 0) is 62.1 Å². The summed E-state index contributed by atoms with van der Waals surface area (Å²) in [7, 11) is 0. The van der Waals surface area contributed by atoms with E-state index in [2.05, 4.69) is 27.3 Å². The van der Waals surface area contributed by atoms with E-state index in [1.807, 2.05) is 12.4 Å². The van der Waals surface area contributed by atoms with Crippen LogP contribution >= 0.6 is 24.0 Å². The predicted molar refractivity (Wildman–Crippen MR) is 104 cm³/mol. The molecular formula is C19H25IN4. The van der Waals surface area contributed by atoms with Gasteiger partial charge < -0.3 is 10.2 Å². The van der Waals surface area contributed by atoms with Crippen LogP contribution in [0.5, 0.6) is 0 Å². The fourth-order valence-electron chi connectivity index (χ4n) is 6.22. The molecule has 0 amide bonds. The standard InChI is InChI=1S/C19H24N4.HI/c1-5-18(6-1)12-23(16(18)14-3-8-20-9-4-14)17-21-15-10-13-2-7-19(15,11-13)22-17;/h3-4,8-9,13,15-16H,1-2,5-7,10-12H2,(H,21,22);1H. The molecule has 2 bridgehead atoms. The zero-order chi connectivity index (χ0) is 15.1. The van der Waals surface area contributed by atoms with Crippen LogP contribution in [0, 0.1) is 11.3 Å². The van der Waals surface area contributed by atoms with Crippen molar-refractivity contribution in [3.8, 4) is 0 Å². The molecule has 0 radical (unpaired) electrons. The third-order valence-corrected chi connectivity index (χ3v) is 7.51. The number of nitrogens with one attached hydrogen (secondary N) is 1. The van der Waals surface area contributed by atoms with E-state index >= 15 is 0 Å². The molecule has 2 spiro atoms. The van der Waals surface area contributed by atoms with Crippen molar-refractivity contribution in [1.29, 1.82) is 0 Å². The number of guanidine groups is 1. The van der Waals surface area contributed by atoms with Gasteiger partial charge in [0, 0.05) is 24.4 Å². The lowest BCUT2D eigenvalue weighted by atomic mass is 9.56. The molecule has 128 valence electrons. The van der Waals surface area contributed by atoms with Gasteiger partial charge >= 0.3 is 0 Å². The largest absolute Gasteiger partial charge is 0.349 e. The molecule has 0 aromatic carbocycles. The first kappa shape index (κ1) is 15.4. The molecule has 24 heavy (non-hydrogen) atoms. The van der Waals surface area contributed by atoms with E-state index in [4.69, 9.17) is 4.99 Å². The molecule has 3 saturated carbocycles. The lowest BCUT2D eigenvalue weighted by molar-refractivity contribution is -0.0894. The second-order valence-electron chi connectivity index (χ2n) is 8.62. The lowest BCUT2D eigenvalue weighted by Crippen LogP contribution is -2.66. The monoisotopic (exact) mass is 436 g/mol. The Morgan fingerprint density at radius 2 is 2.00 bits per heavy atom. The van der Waals surface area contributed by atoms with E-state index in [1.54, 1.807) is 0 Å². The third kappa shape index (κ3) is 1.85. The zero-order valence-corrected chi connectivity index (χ0v) is 16.3. The summed E-state index contributed by atoms with van der Waals surface area (Å²) in [6.45, 7) is 1.19. The number of hydrogen-bond donors (Lipinski definition) is 1. The Morgan fingerprint density at radius 1 is 1.17 bits per heavy atom. The van der Waals surface area contributed by atoms with Crippen LogP contribution in [0.15, 0.2) is 29.5 Å². The molecule has 5 aliphatic rings. The maximum atomic E-state index is 5.16. The van der Waals surface area contributed by atoms with Crippen LogP contribution in [0.3, 0.4) is 0 Å². The summed E-state index contributed by atoms with van der Waals surface area (Å²) < 4.78 is 0. The number of nitrogens with zero attached hydrogens (tertiary/aromatic N) is 3. The molecule has 1 aromatic rings. The minimum Gasteiger partial charge on any atom is -0.349 e. The Bertz CT molecular complexity index is 686. The van der Waals surface area contributed by atoms with Gasteiger partial charge in [0.15, 0.2) is 5.96 Å². The van der Waals surface area contributed by atoms with Crippen molar-refractivity contribution >= 4 is 29.9 Å². The summed E-state index contributed by atoms with van der Waals surface area (Å²) in [6.07, 6.45) is 13.4. The molecule has 1 aromatic heterocycles. The summed E-state index contributed by atoms with van der Waals surface area (Å²) in [5.74, 6) is 2.14. The number of aliphatic imine (C=N–C) groups is 1. The van der Waals surface area contributed by atoms with E-state index in [9.17, 15) is 0 Å². The second kappa shape index (κ2) is 5.08. The number of halogens is 1. The van der Waals surface area contributed by atoms with Crippen molar-refractivity contribution in [2.24, 2.45) is 16.3 Å². The average molecular weight is 436 g/mol. The molecule has 4 nitrogen and oxygen atoms in total. The smallest absolute Gasteiger partial charge is 0.195 e. The van der Waals surface area contributed by atoms with Gasteiger partial charge in [0.1, 0.15) is 0 Å². The predicted octanol–water partition coefficient (Wildman–Crippen LogP) is 3.50. The van der Waals surface area contributed by atoms with E-state index in [0.29, 0.717) is 23.0 Å². The van der Waals surface area contributed by atoms with E-state index in [-0.39, 0.29) is 24.0 Å². The Balaban J connectivity index is 0.00000131. The van der Waals surface area contributed by atoms with Crippen LogP contribution in [-0.4, -0.2) is 34.0 Å². The maximum Gasteiger partial charge on any atom is 0.195 e. The Hall–Kier alpha value is -0.850. The normalized spacial score (nSPS) is 40.2. The second-order valence-corrected chi connectivity index (χ2v) is 8.62. The highest BCUT2D eigenvalue weighted by atomic mass is 127. The highest BCUT2D eigenvalue weighted by Gasteiger charge is 2.61. The molecule has 3 heterocycles. The zero-order valence-electron chi connectivity index (χ0n) is 13.9. The highest BCUT2D eigenvalue weighted by Crippen LogP contribution is 2.61. The fourth-order valence-corrected chi connectivity index (χ4v) is 6.22. The maximum absolute atomic E-state index is 5.16. The molecular weight excluding hydrogens is 411 g/mol. The number of aromatic nitrogens is 1. The third-order valence-electron chi connectivity index (χ3n) is 7.51. The van der Waals surface area contributed by atoms with Crippen LogP contribution in [0.4, 0.5) is 0 Å². The van der Waals surface area contributed by atoms with Gasteiger partial charge in [0.2, 0.25) is 0 Å². The van der Waals surface area contributed by atoms with Crippen molar-refractivity contribution in [3.63, 3.8) is 0 Å².